The zero-order valence-electron chi connectivity index (χ0n) is 26.6. The number of amides is 1. The zero-order chi connectivity index (χ0) is 30.7. The molecule has 9 nitrogen and oxygen atoms in total. The molecule has 0 N–H and O–H groups in total. The number of carbonyl (C=O) groups excluding carboxylic acids is 1. The number of pyridine rings is 2. The van der Waals surface area contributed by atoms with Crippen molar-refractivity contribution in [2.45, 2.75) is 53.2 Å². The second-order valence-electron chi connectivity index (χ2n) is 12.7. The molecule has 0 bridgehead atoms. The maximum atomic E-state index is 12.4. The van der Waals surface area contributed by atoms with Crippen LogP contribution in [0.15, 0.2) is 53.5 Å². The Bertz CT molecular complexity index is 1450. The highest BCUT2D eigenvalue weighted by atomic mass is 16.6. The van der Waals surface area contributed by atoms with Crippen LogP contribution in [0, 0.1) is 6.92 Å². The Labute approximate surface area is 255 Å². The van der Waals surface area contributed by atoms with Crippen molar-refractivity contribution >= 4 is 17.6 Å². The van der Waals surface area contributed by atoms with E-state index in [0.29, 0.717) is 13.1 Å². The first-order valence-corrected chi connectivity index (χ1v) is 15.5. The summed E-state index contributed by atoms with van der Waals surface area (Å²) in [6.07, 6.45) is 2.52. The molecule has 0 radical (unpaired) electrons. The number of benzene rings is 1. The predicted octanol–water partition coefficient (Wildman–Crippen LogP) is 4.70. The normalized spacial score (nSPS) is 16.5. The van der Waals surface area contributed by atoms with E-state index in [9.17, 15) is 9.59 Å². The van der Waals surface area contributed by atoms with Crippen molar-refractivity contribution in [3.05, 3.63) is 75.8 Å². The highest BCUT2D eigenvalue weighted by molar-refractivity contribution is 5.69. The first-order chi connectivity index (χ1) is 20.5. The molecule has 2 fully saturated rings. The molecule has 3 aromatic rings. The third-order valence-electron chi connectivity index (χ3n) is 8.30. The summed E-state index contributed by atoms with van der Waals surface area (Å²) < 4.78 is 7.18. The van der Waals surface area contributed by atoms with E-state index in [2.05, 4.69) is 58.0 Å². The van der Waals surface area contributed by atoms with Gasteiger partial charge in [0.05, 0.1) is 5.69 Å². The molecular formula is C34H46N6O3. The molecule has 0 aliphatic carbocycles. The molecular weight excluding hydrogens is 540 g/mol. The Balaban J connectivity index is 1.13. The number of ether oxygens (including phenoxy) is 1. The number of aromatic nitrogens is 2. The highest BCUT2D eigenvalue weighted by Gasteiger charge is 2.26. The quantitative estimate of drug-likeness (QED) is 0.415. The molecule has 230 valence electrons. The number of rotatable bonds is 6. The minimum absolute atomic E-state index is 0.0374. The lowest BCUT2D eigenvalue weighted by atomic mass is 10.0. The van der Waals surface area contributed by atoms with E-state index in [1.807, 2.05) is 40.0 Å². The third kappa shape index (κ3) is 7.39. The van der Waals surface area contributed by atoms with Gasteiger partial charge in [0.15, 0.2) is 0 Å². The van der Waals surface area contributed by atoms with Crippen LogP contribution in [0.1, 0.15) is 44.5 Å². The van der Waals surface area contributed by atoms with Crippen molar-refractivity contribution in [1.82, 2.24) is 19.4 Å². The summed E-state index contributed by atoms with van der Waals surface area (Å²) in [5, 5.41) is 0. The van der Waals surface area contributed by atoms with Gasteiger partial charge in [-0.15, -0.1) is 0 Å². The van der Waals surface area contributed by atoms with Crippen molar-refractivity contribution in [3.8, 4) is 11.1 Å². The fraction of sp³-hybridized carbons (Fsp3) is 0.500. The van der Waals surface area contributed by atoms with Gasteiger partial charge in [0.2, 0.25) is 0 Å². The van der Waals surface area contributed by atoms with Crippen LogP contribution in [0.5, 0.6) is 0 Å². The molecule has 9 heteroatoms. The monoisotopic (exact) mass is 586 g/mol. The van der Waals surface area contributed by atoms with Gasteiger partial charge >= 0.3 is 6.09 Å². The first-order valence-electron chi connectivity index (χ1n) is 15.5. The lowest BCUT2D eigenvalue weighted by molar-refractivity contribution is 0.0240. The second-order valence-corrected chi connectivity index (χ2v) is 12.7. The van der Waals surface area contributed by atoms with Gasteiger partial charge in [-0.25, -0.2) is 9.78 Å². The van der Waals surface area contributed by atoms with Gasteiger partial charge in [-0.2, -0.15) is 0 Å². The number of aryl methyl sites for hydroxylation is 3. The lowest BCUT2D eigenvalue weighted by Gasteiger charge is -2.37. The van der Waals surface area contributed by atoms with Crippen molar-refractivity contribution in [2.24, 2.45) is 7.05 Å². The summed E-state index contributed by atoms with van der Waals surface area (Å²) in [4.78, 5) is 38.6. The Hall–Kier alpha value is -3.85. The topological polar surface area (TPSA) is 74.2 Å². The van der Waals surface area contributed by atoms with Crippen molar-refractivity contribution in [3.63, 3.8) is 0 Å². The van der Waals surface area contributed by atoms with E-state index in [-0.39, 0.29) is 11.7 Å². The molecule has 0 atom stereocenters. The van der Waals surface area contributed by atoms with Crippen LogP contribution in [0.3, 0.4) is 0 Å². The molecule has 5 rings (SSSR count). The molecule has 2 aliphatic heterocycles. The van der Waals surface area contributed by atoms with Crippen LogP contribution in [0.4, 0.5) is 16.3 Å². The summed E-state index contributed by atoms with van der Waals surface area (Å²) in [6, 6.07) is 15.1. The van der Waals surface area contributed by atoms with Crippen LogP contribution in [-0.2, 0) is 24.8 Å². The van der Waals surface area contributed by atoms with Crippen molar-refractivity contribution < 1.29 is 9.53 Å². The SMILES string of the molecule is CCc1nc(N2CCN(Cc3ccc(N4CCN(C(=O)OC(C)(C)C)CC4)cc3)CC2)ccc1-c1cc(C)c(=O)n(C)c1. The van der Waals surface area contributed by atoms with Gasteiger partial charge in [0.1, 0.15) is 11.4 Å². The van der Waals surface area contributed by atoms with Gasteiger partial charge in [-0.3, -0.25) is 9.69 Å². The van der Waals surface area contributed by atoms with Crippen molar-refractivity contribution in [1.29, 1.82) is 0 Å². The maximum absolute atomic E-state index is 12.4. The fourth-order valence-electron chi connectivity index (χ4n) is 5.90. The molecule has 1 amide bonds. The van der Waals surface area contributed by atoms with E-state index in [1.165, 1.54) is 11.3 Å². The summed E-state index contributed by atoms with van der Waals surface area (Å²) in [6.45, 7) is 17.4. The molecule has 1 aromatic carbocycles. The van der Waals surface area contributed by atoms with Crippen LogP contribution >= 0.6 is 0 Å². The summed E-state index contributed by atoms with van der Waals surface area (Å²) in [5.41, 5.74) is 6.02. The second kappa shape index (κ2) is 12.8. The van der Waals surface area contributed by atoms with Gasteiger partial charge in [-0.05, 0) is 70.0 Å². The summed E-state index contributed by atoms with van der Waals surface area (Å²) in [7, 11) is 1.80. The molecule has 43 heavy (non-hydrogen) atoms. The molecule has 2 saturated heterocycles. The fourth-order valence-corrected chi connectivity index (χ4v) is 5.90. The Morgan fingerprint density at radius 1 is 0.907 bits per heavy atom. The smallest absolute Gasteiger partial charge is 0.410 e. The number of hydrogen-bond donors (Lipinski definition) is 0. The van der Waals surface area contributed by atoms with Crippen LogP contribution in [-0.4, -0.2) is 83.4 Å². The third-order valence-corrected chi connectivity index (χ3v) is 8.30. The van der Waals surface area contributed by atoms with E-state index < -0.39 is 5.60 Å². The number of anilines is 2. The molecule has 4 heterocycles. The van der Waals surface area contributed by atoms with E-state index >= 15 is 0 Å². The summed E-state index contributed by atoms with van der Waals surface area (Å²) >= 11 is 0. The van der Waals surface area contributed by atoms with Gasteiger partial charge < -0.3 is 24.0 Å². The number of nitrogens with zero attached hydrogens (tertiary/aromatic N) is 6. The number of hydrogen-bond acceptors (Lipinski definition) is 7. The summed E-state index contributed by atoms with van der Waals surface area (Å²) in [5.74, 6) is 1.03. The molecule has 2 aromatic heterocycles. The molecule has 0 unspecified atom stereocenters. The number of carbonyl (C=O) groups is 1. The van der Waals surface area contributed by atoms with Crippen LogP contribution in [0.25, 0.3) is 11.1 Å². The van der Waals surface area contributed by atoms with E-state index in [4.69, 9.17) is 9.72 Å². The van der Waals surface area contributed by atoms with Gasteiger partial charge in [-0.1, -0.05) is 19.1 Å². The maximum Gasteiger partial charge on any atom is 0.410 e. The van der Waals surface area contributed by atoms with Gasteiger partial charge in [0.25, 0.3) is 5.56 Å². The van der Waals surface area contributed by atoms with E-state index in [0.717, 1.165) is 80.4 Å². The molecule has 2 aliphatic rings. The van der Waals surface area contributed by atoms with Crippen LogP contribution < -0.4 is 15.4 Å². The highest BCUT2D eigenvalue weighted by Crippen LogP contribution is 2.27. The Kier molecular flexibility index (Phi) is 9.11. The number of piperazine rings is 2. The van der Waals surface area contributed by atoms with Gasteiger partial charge in [0, 0.05) is 94.5 Å². The largest absolute Gasteiger partial charge is 0.444 e. The minimum Gasteiger partial charge on any atom is -0.444 e. The predicted molar refractivity (Wildman–Crippen MR) is 173 cm³/mol. The Morgan fingerprint density at radius 2 is 1.56 bits per heavy atom. The Morgan fingerprint density at radius 3 is 2.16 bits per heavy atom. The zero-order valence-corrected chi connectivity index (χ0v) is 26.6. The minimum atomic E-state index is -0.469. The van der Waals surface area contributed by atoms with Crippen molar-refractivity contribution in [2.75, 3.05) is 62.2 Å². The average Bonchev–Trinajstić information content (AvgIpc) is 2.99. The lowest BCUT2D eigenvalue weighted by Crippen LogP contribution is -2.50. The average molecular weight is 587 g/mol. The van der Waals surface area contributed by atoms with Crippen LogP contribution in [0.2, 0.25) is 0 Å². The van der Waals surface area contributed by atoms with E-state index in [1.54, 1.807) is 16.5 Å². The molecule has 0 spiro atoms. The standard InChI is InChI=1S/C34H46N6O3/c1-7-30-29(27-22-25(2)32(41)36(6)24-27)12-13-31(35-30)39-16-14-37(15-17-39)23-26-8-10-28(11-9-26)38-18-20-40(21-19-38)33(42)43-34(3,4)5/h8-13,22,24H,7,14-21,23H2,1-6H3. The first kappa shape index (κ1) is 30.6. The molecule has 0 saturated carbocycles.